The van der Waals surface area contributed by atoms with Gasteiger partial charge in [-0.25, -0.2) is 0 Å². The number of hydrogen-bond acceptors (Lipinski definition) is 3. The predicted molar refractivity (Wildman–Crippen MR) is 114 cm³/mol. The van der Waals surface area contributed by atoms with Crippen LogP contribution in [0.3, 0.4) is 0 Å². The highest BCUT2D eigenvalue weighted by Crippen LogP contribution is 2.29. The van der Waals surface area contributed by atoms with E-state index in [1.165, 1.54) is 0 Å². The van der Waals surface area contributed by atoms with Crippen molar-refractivity contribution >= 4 is 11.4 Å². The Morgan fingerprint density at radius 1 is 0.536 bits per heavy atom. The first kappa shape index (κ1) is 17.7. The van der Waals surface area contributed by atoms with E-state index in [1.807, 2.05) is 104 Å². The van der Waals surface area contributed by atoms with E-state index < -0.39 is 0 Å². The van der Waals surface area contributed by atoms with E-state index in [4.69, 9.17) is 9.47 Å². The van der Waals surface area contributed by atoms with Gasteiger partial charge in [0.05, 0.1) is 0 Å². The topological polar surface area (TPSA) is 30.5 Å². The molecular formula is C25H21NO2. The fourth-order valence-corrected chi connectivity index (χ4v) is 2.85. The Labute approximate surface area is 165 Å². The van der Waals surface area contributed by atoms with Gasteiger partial charge in [0.1, 0.15) is 23.0 Å². The molecule has 0 aliphatic rings. The number of para-hydroxylation sites is 2. The minimum absolute atomic E-state index is 0.805. The number of aryl methyl sites for hydroxylation is 1. The van der Waals surface area contributed by atoms with Crippen LogP contribution in [0.5, 0.6) is 23.0 Å². The Morgan fingerprint density at radius 2 is 1.07 bits per heavy atom. The van der Waals surface area contributed by atoms with Gasteiger partial charge in [-0.3, -0.25) is 0 Å². The molecule has 0 aliphatic heterocycles. The second-order valence-electron chi connectivity index (χ2n) is 6.46. The Hall–Kier alpha value is -3.72. The van der Waals surface area contributed by atoms with Crippen molar-refractivity contribution in [2.45, 2.75) is 6.92 Å². The third-order valence-corrected chi connectivity index (χ3v) is 4.27. The van der Waals surface area contributed by atoms with Crippen LogP contribution in [0.4, 0.5) is 11.4 Å². The Kier molecular flexibility index (Phi) is 5.25. The maximum Gasteiger partial charge on any atom is 0.130 e. The lowest BCUT2D eigenvalue weighted by molar-refractivity contribution is 0.479. The van der Waals surface area contributed by atoms with Crippen molar-refractivity contribution in [3.8, 4) is 23.0 Å². The fraction of sp³-hybridized carbons (Fsp3) is 0.0400. The lowest BCUT2D eigenvalue weighted by Gasteiger charge is -2.12. The van der Waals surface area contributed by atoms with Gasteiger partial charge < -0.3 is 14.8 Å². The quantitative estimate of drug-likeness (QED) is 0.387. The standard InChI is InChI=1S/C25H21NO2/c1-19-18-21(14-17-25(19)28-23-10-6-3-7-11-23)26-20-12-15-24(16-13-20)27-22-8-4-2-5-9-22/h2-18,26H,1H3. The summed E-state index contributed by atoms with van der Waals surface area (Å²) in [6.45, 7) is 2.04. The minimum Gasteiger partial charge on any atom is -0.457 e. The lowest BCUT2D eigenvalue weighted by atomic mass is 10.2. The summed E-state index contributed by atoms with van der Waals surface area (Å²) >= 11 is 0. The minimum atomic E-state index is 0.805. The lowest BCUT2D eigenvalue weighted by Crippen LogP contribution is -1.93. The second-order valence-corrected chi connectivity index (χ2v) is 6.46. The van der Waals surface area contributed by atoms with Gasteiger partial charge in [-0.15, -0.1) is 0 Å². The summed E-state index contributed by atoms with van der Waals surface area (Å²) < 4.78 is 11.8. The summed E-state index contributed by atoms with van der Waals surface area (Å²) in [5.41, 5.74) is 3.07. The molecule has 0 saturated heterocycles. The highest BCUT2D eigenvalue weighted by Gasteiger charge is 2.04. The maximum absolute atomic E-state index is 5.94. The second kappa shape index (κ2) is 8.31. The van der Waals surface area contributed by atoms with Crippen LogP contribution in [0.15, 0.2) is 103 Å². The van der Waals surface area contributed by atoms with Crippen LogP contribution in [0.1, 0.15) is 5.56 Å². The molecule has 0 amide bonds. The first-order valence-electron chi connectivity index (χ1n) is 9.20. The van der Waals surface area contributed by atoms with E-state index in [0.717, 1.165) is 39.9 Å². The van der Waals surface area contributed by atoms with Crippen molar-refractivity contribution in [2.24, 2.45) is 0 Å². The molecule has 4 aromatic carbocycles. The molecule has 4 rings (SSSR count). The van der Waals surface area contributed by atoms with Crippen LogP contribution >= 0.6 is 0 Å². The number of rotatable bonds is 6. The Bertz CT molecular complexity index is 1030. The molecule has 0 aromatic heterocycles. The van der Waals surface area contributed by atoms with Gasteiger partial charge in [0.25, 0.3) is 0 Å². The largest absolute Gasteiger partial charge is 0.457 e. The average molecular weight is 367 g/mol. The zero-order valence-corrected chi connectivity index (χ0v) is 15.6. The van der Waals surface area contributed by atoms with Gasteiger partial charge in [0, 0.05) is 11.4 Å². The Balaban J connectivity index is 1.42. The van der Waals surface area contributed by atoms with E-state index >= 15 is 0 Å². The first-order chi connectivity index (χ1) is 13.8. The van der Waals surface area contributed by atoms with E-state index in [0.29, 0.717) is 0 Å². The van der Waals surface area contributed by atoms with Gasteiger partial charge in [-0.05, 0) is 79.2 Å². The Morgan fingerprint density at radius 3 is 1.68 bits per heavy atom. The van der Waals surface area contributed by atoms with E-state index in [1.54, 1.807) is 0 Å². The molecular weight excluding hydrogens is 346 g/mol. The van der Waals surface area contributed by atoms with Gasteiger partial charge in [0.15, 0.2) is 0 Å². The van der Waals surface area contributed by atoms with Crippen molar-refractivity contribution in [3.63, 3.8) is 0 Å². The average Bonchev–Trinajstić information content (AvgIpc) is 2.73. The molecule has 0 atom stereocenters. The molecule has 0 unspecified atom stereocenters. The van der Waals surface area contributed by atoms with Gasteiger partial charge in [0.2, 0.25) is 0 Å². The number of hydrogen-bond donors (Lipinski definition) is 1. The van der Waals surface area contributed by atoms with Crippen molar-refractivity contribution in [3.05, 3.63) is 109 Å². The van der Waals surface area contributed by atoms with Gasteiger partial charge in [-0.1, -0.05) is 36.4 Å². The predicted octanol–water partition coefficient (Wildman–Crippen LogP) is 7.32. The SMILES string of the molecule is Cc1cc(Nc2ccc(Oc3ccccc3)cc2)ccc1Oc1ccccc1. The number of benzene rings is 4. The molecule has 0 heterocycles. The molecule has 138 valence electrons. The van der Waals surface area contributed by atoms with Crippen LogP contribution < -0.4 is 14.8 Å². The van der Waals surface area contributed by atoms with Gasteiger partial charge >= 0.3 is 0 Å². The summed E-state index contributed by atoms with van der Waals surface area (Å²) in [4.78, 5) is 0. The number of ether oxygens (including phenoxy) is 2. The van der Waals surface area contributed by atoms with Crippen LogP contribution in [0, 0.1) is 6.92 Å². The van der Waals surface area contributed by atoms with Crippen molar-refractivity contribution in [1.29, 1.82) is 0 Å². The van der Waals surface area contributed by atoms with Crippen LogP contribution in [-0.4, -0.2) is 0 Å². The molecule has 1 N–H and O–H groups in total. The summed E-state index contributed by atoms with van der Waals surface area (Å²) in [5, 5.41) is 3.42. The van der Waals surface area contributed by atoms with Crippen molar-refractivity contribution < 1.29 is 9.47 Å². The van der Waals surface area contributed by atoms with E-state index in [9.17, 15) is 0 Å². The first-order valence-corrected chi connectivity index (χ1v) is 9.20. The number of nitrogens with one attached hydrogen (secondary N) is 1. The van der Waals surface area contributed by atoms with E-state index in [2.05, 4.69) is 11.4 Å². The molecule has 0 bridgehead atoms. The summed E-state index contributed by atoms with van der Waals surface area (Å²) in [7, 11) is 0. The molecule has 4 aromatic rings. The zero-order chi connectivity index (χ0) is 19.2. The molecule has 0 spiro atoms. The fourth-order valence-electron chi connectivity index (χ4n) is 2.85. The molecule has 0 saturated carbocycles. The third-order valence-electron chi connectivity index (χ3n) is 4.27. The molecule has 3 nitrogen and oxygen atoms in total. The molecule has 28 heavy (non-hydrogen) atoms. The smallest absolute Gasteiger partial charge is 0.130 e. The normalized spacial score (nSPS) is 10.3. The van der Waals surface area contributed by atoms with Crippen LogP contribution in [0.25, 0.3) is 0 Å². The van der Waals surface area contributed by atoms with E-state index in [-0.39, 0.29) is 0 Å². The maximum atomic E-state index is 5.94. The van der Waals surface area contributed by atoms with Crippen molar-refractivity contribution in [1.82, 2.24) is 0 Å². The summed E-state index contributed by atoms with van der Waals surface area (Å²) in [6.07, 6.45) is 0. The third kappa shape index (κ3) is 4.51. The monoisotopic (exact) mass is 367 g/mol. The zero-order valence-electron chi connectivity index (χ0n) is 15.6. The highest BCUT2D eigenvalue weighted by atomic mass is 16.5. The molecule has 3 heteroatoms. The van der Waals surface area contributed by atoms with Crippen molar-refractivity contribution in [2.75, 3.05) is 5.32 Å². The van der Waals surface area contributed by atoms with Gasteiger partial charge in [-0.2, -0.15) is 0 Å². The molecule has 0 fully saturated rings. The molecule has 0 radical (unpaired) electrons. The molecule has 0 aliphatic carbocycles. The summed E-state index contributed by atoms with van der Waals surface area (Å²) in [6, 6.07) is 33.5. The summed E-state index contributed by atoms with van der Waals surface area (Å²) in [5.74, 6) is 3.32. The van der Waals surface area contributed by atoms with Crippen LogP contribution in [0.2, 0.25) is 0 Å². The number of anilines is 2. The highest BCUT2D eigenvalue weighted by molar-refractivity contribution is 5.62. The van der Waals surface area contributed by atoms with Crippen LogP contribution in [-0.2, 0) is 0 Å².